The van der Waals surface area contributed by atoms with Crippen LogP contribution in [0.5, 0.6) is 0 Å². The van der Waals surface area contributed by atoms with Gasteiger partial charge in [0, 0.05) is 7.05 Å². The van der Waals surface area contributed by atoms with Crippen molar-refractivity contribution in [2.24, 2.45) is 0 Å². The van der Waals surface area contributed by atoms with Crippen LogP contribution in [0.25, 0.3) is 0 Å². The lowest BCUT2D eigenvalue weighted by atomic mass is 9.99. The van der Waals surface area contributed by atoms with Crippen molar-refractivity contribution in [3.63, 3.8) is 0 Å². The van der Waals surface area contributed by atoms with Crippen molar-refractivity contribution >= 4 is 45.1 Å². The molecule has 0 aliphatic carbocycles. The topological polar surface area (TPSA) is 86.7 Å². The number of carbonyl (C=O) groups is 3. The number of nitrogens with zero attached hydrogens (tertiary/aromatic N) is 1. The molecule has 0 radical (unpaired) electrons. The van der Waals surface area contributed by atoms with Crippen LogP contribution in [-0.2, 0) is 9.59 Å². The van der Waals surface area contributed by atoms with E-state index in [-0.39, 0.29) is 18.9 Å². The lowest BCUT2D eigenvalue weighted by Gasteiger charge is -2.26. The maximum atomic E-state index is 12.1. The monoisotopic (exact) mass is 376 g/mol. The Hall–Kier alpha value is -1.41. The van der Waals surface area contributed by atoms with Crippen LogP contribution in [0.15, 0.2) is 15.9 Å². The predicted molar refractivity (Wildman–Crippen MR) is 83.5 cm³/mol. The summed E-state index contributed by atoms with van der Waals surface area (Å²) in [5, 5.41) is 11.6. The van der Waals surface area contributed by atoms with E-state index in [2.05, 4.69) is 21.2 Å². The molecule has 0 saturated carbocycles. The summed E-state index contributed by atoms with van der Waals surface area (Å²) in [7, 11) is 1.50. The molecule has 2 amide bonds. The summed E-state index contributed by atoms with van der Waals surface area (Å²) in [6.45, 7) is 2.91. The fraction of sp³-hybridized carbons (Fsp3) is 0.462. The van der Waals surface area contributed by atoms with Crippen LogP contribution in [-0.4, -0.2) is 46.9 Å². The van der Waals surface area contributed by atoms with E-state index in [9.17, 15) is 14.4 Å². The quantitative estimate of drug-likeness (QED) is 0.794. The summed E-state index contributed by atoms with van der Waals surface area (Å²) in [5.41, 5.74) is -1.33. The molecule has 0 spiro atoms. The molecule has 0 aliphatic rings. The first kappa shape index (κ1) is 17.6. The number of thiophene rings is 1. The number of nitrogens with one attached hydrogen (secondary N) is 1. The minimum Gasteiger partial charge on any atom is -0.480 e. The van der Waals surface area contributed by atoms with Gasteiger partial charge < -0.3 is 15.3 Å². The molecular weight excluding hydrogens is 360 g/mol. The average molecular weight is 377 g/mol. The van der Waals surface area contributed by atoms with E-state index in [4.69, 9.17) is 5.11 Å². The van der Waals surface area contributed by atoms with Crippen molar-refractivity contribution in [3.05, 3.63) is 20.8 Å². The normalized spacial score (nSPS) is 13.3. The second kappa shape index (κ2) is 7.04. The van der Waals surface area contributed by atoms with Gasteiger partial charge in [0.15, 0.2) is 0 Å². The van der Waals surface area contributed by atoms with Gasteiger partial charge in [-0.3, -0.25) is 9.59 Å². The van der Waals surface area contributed by atoms with Gasteiger partial charge in [0.05, 0.1) is 15.2 Å². The van der Waals surface area contributed by atoms with Crippen LogP contribution in [0.2, 0.25) is 0 Å². The number of carbonyl (C=O) groups excluding carboxylic acids is 2. The third-order valence-electron chi connectivity index (χ3n) is 3.11. The molecule has 0 aliphatic heterocycles. The Morgan fingerprint density at radius 2 is 2.05 bits per heavy atom. The highest BCUT2D eigenvalue weighted by atomic mass is 79.9. The van der Waals surface area contributed by atoms with Gasteiger partial charge >= 0.3 is 5.97 Å². The van der Waals surface area contributed by atoms with Crippen LogP contribution in [0.4, 0.5) is 0 Å². The van der Waals surface area contributed by atoms with E-state index in [1.165, 1.54) is 30.2 Å². The largest absolute Gasteiger partial charge is 0.480 e. The third-order valence-corrected chi connectivity index (χ3v) is 4.72. The molecule has 2 N–H and O–H groups in total. The smallest absolute Gasteiger partial charge is 0.329 e. The average Bonchev–Trinajstić information content (AvgIpc) is 2.83. The number of hydrogen-bond donors (Lipinski definition) is 2. The first-order valence-corrected chi connectivity index (χ1v) is 7.85. The fourth-order valence-electron chi connectivity index (χ4n) is 1.54. The van der Waals surface area contributed by atoms with Crippen LogP contribution >= 0.6 is 27.3 Å². The summed E-state index contributed by atoms with van der Waals surface area (Å²) in [6.07, 6.45) is 0.254. The van der Waals surface area contributed by atoms with Crippen LogP contribution in [0.3, 0.4) is 0 Å². The zero-order valence-corrected chi connectivity index (χ0v) is 14.4. The number of amides is 2. The minimum absolute atomic E-state index is 0.197. The van der Waals surface area contributed by atoms with Crippen molar-refractivity contribution in [1.82, 2.24) is 10.2 Å². The van der Waals surface area contributed by atoms with Crippen molar-refractivity contribution in [3.8, 4) is 0 Å². The first-order valence-electron chi connectivity index (χ1n) is 6.25. The molecule has 1 unspecified atom stereocenters. The number of hydrogen-bond acceptors (Lipinski definition) is 4. The Kier molecular flexibility index (Phi) is 5.91. The van der Waals surface area contributed by atoms with Gasteiger partial charge in [-0.2, -0.15) is 0 Å². The summed E-state index contributed by atoms with van der Waals surface area (Å²) >= 11 is 4.54. The van der Waals surface area contributed by atoms with Gasteiger partial charge in [-0.1, -0.05) is 6.92 Å². The van der Waals surface area contributed by atoms with Crippen molar-refractivity contribution in [1.29, 1.82) is 0 Å². The first-order chi connectivity index (χ1) is 9.69. The summed E-state index contributed by atoms with van der Waals surface area (Å²) in [5.74, 6) is -1.89. The predicted octanol–water partition coefficient (Wildman–Crippen LogP) is 1.95. The number of aliphatic carboxylic acids is 1. The van der Waals surface area contributed by atoms with Gasteiger partial charge in [0.2, 0.25) is 5.91 Å². The zero-order chi connectivity index (χ0) is 16.2. The van der Waals surface area contributed by atoms with Gasteiger partial charge in [0.25, 0.3) is 5.91 Å². The molecular formula is C13H17BrN2O4S. The highest BCUT2D eigenvalue weighted by molar-refractivity contribution is 9.11. The maximum absolute atomic E-state index is 12.1. The molecule has 0 aromatic carbocycles. The number of likely N-dealkylation sites (N-methyl/N-ethyl adjacent to an activating group) is 1. The van der Waals surface area contributed by atoms with Gasteiger partial charge in [-0.05, 0) is 41.4 Å². The van der Waals surface area contributed by atoms with Gasteiger partial charge in [0.1, 0.15) is 5.54 Å². The van der Waals surface area contributed by atoms with Crippen molar-refractivity contribution < 1.29 is 19.5 Å². The molecule has 1 rings (SSSR count). The molecule has 1 atom stereocenters. The number of carboxylic acid groups (broad SMARTS) is 1. The number of rotatable bonds is 6. The summed E-state index contributed by atoms with van der Waals surface area (Å²) < 4.78 is 0.827. The molecule has 21 heavy (non-hydrogen) atoms. The van der Waals surface area contributed by atoms with E-state index >= 15 is 0 Å². The molecule has 8 heteroatoms. The van der Waals surface area contributed by atoms with Gasteiger partial charge in [-0.15, -0.1) is 11.3 Å². The van der Waals surface area contributed by atoms with Crippen LogP contribution < -0.4 is 5.32 Å². The third kappa shape index (κ3) is 4.53. The lowest BCUT2D eigenvalue weighted by Crippen LogP contribution is -2.54. The van der Waals surface area contributed by atoms with E-state index < -0.39 is 17.4 Å². The van der Waals surface area contributed by atoms with Gasteiger partial charge in [-0.25, -0.2) is 4.79 Å². The van der Waals surface area contributed by atoms with E-state index in [1.807, 2.05) is 0 Å². The van der Waals surface area contributed by atoms with E-state index in [0.29, 0.717) is 4.88 Å². The zero-order valence-electron chi connectivity index (χ0n) is 12.0. The van der Waals surface area contributed by atoms with Crippen molar-refractivity contribution in [2.75, 3.05) is 13.6 Å². The Labute approximate surface area is 135 Å². The number of halogens is 1. The number of carboxylic acids is 1. The molecule has 0 bridgehead atoms. The molecule has 1 aromatic rings. The van der Waals surface area contributed by atoms with Crippen LogP contribution in [0, 0.1) is 0 Å². The standard InChI is InChI=1S/C13H17BrN2O4S/c1-4-13(2,12(19)20)15-10(17)7-16(3)11(18)8-5-6-9(14)21-8/h5-6H,4,7H2,1-3H3,(H,15,17)(H,19,20). The SMILES string of the molecule is CCC(C)(NC(=O)CN(C)C(=O)c1ccc(Br)s1)C(=O)O. The molecule has 1 heterocycles. The van der Waals surface area contributed by atoms with E-state index in [0.717, 1.165) is 3.79 Å². The second-order valence-electron chi connectivity index (χ2n) is 4.80. The summed E-state index contributed by atoms with van der Waals surface area (Å²) in [6, 6.07) is 3.42. The molecule has 0 fully saturated rings. The molecule has 116 valence electrons. The van der Waals surface area contributed by atoms with E-state index in [1.54, 1.807) is 19.1 Å². The lowest BCUT2D eigenvalue weighted by molar-refractivity contribution is -0.147. The highest BCUT2D eigenvalue weighted by Gasteiger charge is 2.33. The minimum atomic E-state index is -1.33. The Morgan fingerprint density at radius 1 is 1.43 bits per heavy atom. The Balaban J connectivity index is 2.66. The Morgan fingerprint density at radius 3 is 2.48 bits per heavy atom. The molecule has 1 aromatic heterocycles. The second-order valence-corrected chi connectivity index (χ2v) is 7.27. The summed E-state index contributed by atoms with van der Waals surface area (Å²) in [4.78, 5) is 36.9. The molecule has 0 saturated heterocycles. The fourth-order valence-corrected chi connectivity index (χ4v) is 2.93. The van der Waals surface area contributed by atoms with Crippen molar-refractivity contribution in [2.45, 2.75) is 25.8 Å². The molecule has 6 nitrogen and oxygen atoms in total. The van der Waals surface area contributed by atoms with Crippen LogP contribution in [0.1, 0.15) is 29.9 Å². The Bertz CT molecular complexity index is 560. The highest BCUT2D eigenvalue weighted by Crippen LogP contribution is 2.23. The maximum Gasteiger partial charge on any atom is 0.329 e.